The van der Waals surface area contributed by atoms with E-state index in [1.807, 2.05) is 36.4 Å². The van der Waals surface area contributed by atoms with Gasteiger partial charge in [0.2, 0.25) is 0 Å². The highest BCUT2D eigenvalue weighted by Gasteiger charge is 2.30. The molecule has 0 spiro atoms. The number of hydrogen-bond donors (Lipinski definition) is 1. The molecule has 0 atom stereocenters. The lowest BCUT2D eigenvalue weighted by atomic mass is 9.85. The van der Waals surface area contributed by atoms with Crippen molar-refractivity contribution in [2.24, 2.45) is 0 Å². The van der Waals surface area contributed by atoms with E-state index in [4.69, 9.17) is 0 Å². The molecule has 0 fully saturated rings. The van der Waals surface area contributed by atoms with E-state index in [9.17, 15) is 20.1 Å². The van der Waals surface area contributed by atoms with E-state index in [1.165, 1.54) is 6.08 Å². The number of rotatable bonds is 0. The number of para-hydroxylation sites is 1. The molecule has 5 nitrogen and oxygen atoms in total. The standard InChI is InChI=1S/C18H7N3O2/c19-7-10-11(8-20)16-13(22)5-6-14(23)17(16)18-15(10)9-3-1-2-4-12(9)21-18/h1-6,21H. The number of benzene rings is 2. The van der Waals surface area contributed by atoms with Gasteiger partial charge in [0, 0.05) is 16.3 Å². The van der Waals surface area contributed by atoms with Gasteiger partial charge in [0.25, 0.3) is 0 Å². The number of aromatic amines is 1. The molecular formula is C18H7N3O2. The zero-order valence-electron chi connectivity index (χ0n) is 11.7. The molecule has 1 heterocycles. The fraction of sp³-hybridized carbons (Fsp3) is 0. The first-order chi connectivity index (χ1) is 11.2. The highest BCUT2D eigenvalue weighted by Crippen LogP contribution is 2.37. The van der Waals surface area contributed by atoms with Crippen molar-refractivity contribution in [3.05, 3.63) is 58.7 Å². The van der Waals surface area contributed by atoms with Crippen LogP contribution >= 0.6 is 0 Å². The summed E-state index contributed by atoms with van der Waals surface area (Å²) >= 11 is 0. The Hall–Kier alpha value is -3.70. The van der Waals surface area contributed by atoms with E-state index in [-0.39, 0.29) is 28.0 Å². The summed E-state index contributed by atoms with van der Waals surface area (Å²) in [6, 6.07) is 11.2. The van der Waals surface area contributed by atoms with Crippen molar-refractivity contribution in [3.8, 4) is 12.1 Å². The number of fused-ring (bicyclic) bond motifs is 5. The Morgan fingerprint density at radius 1 is 0.870 bits per heavy atom. The molecule has 0 amide bonds. The minimum absolute atomic E-state index is 0.00982. The summed E-state index contributed by atoms with van der Waals surface area (Å²) in [6.45, 7) is 0. The van der Waals surface area contributed by atoms with Crippen LogP contribution in [0.2, 0.25) is 0 Å². The van der Waals surface area contributed by atoms with Gasteiger partial charge in [-0.15, -0.1) is 0 Å². The zero-order chi connectivity index (χ0) is 16.1. The molecule has 0 aliphatic heterocycles. The Bertz CT molecular complexity index is 1170. The summed E-state index contributed by atoms with van der Waals surface area (Å²) in [6.07, 6.45) is 2.34. The summed E-state index contributed by atoms with van der Waals surface area (Å²) in [5.41, 5.74) is 1.43. The third-order valence-corrected chi connectivity index (χ3v) is 4.06. The van der Waals surface area contributed by atoms with Crippen LogP contribution in [0.5, 0.6) is 0 Å². The van der Waals surface area contributed by atoms with Crippen LogP contribution in [0.25, 0.3) is 21.8 Å². The predicted molar refractivity (Wildman–Crippen MR) is 83.0 cm³/mol. The second-order valence-corrected chi connectivity index (χ2v) is 5.21. The average Bonchev–Trinajstić information content (AvgIpc) is 2.95. The summed E-state index contributed by atoms with van der Waals surface area (Å²) in [7, 11) is 0. The lowest BCUT2D eigenvalue weighted by Gasteiger charge is -2.13. The molecule has 3 aromatic rings. The molecule has 0 saturated carbocycles. The van der Waals surface area contributed by atoms with Crippen LogP contribution in [-0.2, 0) is 0 Å². The van der Waals surface area contributed by atoms with Gasteiger partial charge in [0.15, 0.2) is 11.6 Å². The number of hydrogen-bond acceptors (Lipinski definition) is 4. The summed E-state index contributed by atoms with van der Waals surface area (Å²) in [4.78, 5) is 27.7. The van der Waals surface area contributed by atoms with Crippen molar-refractivity contribution in [1.82, 2.24) is 4.98 Å². The SMILES string of the molecule is N#Cc1c2c(c3[nH]c4ccccc4c3c1C#N)C(=O)C=CC2=O. The van der Waals surface area contributed by atoms with Crippen LogP contribution in [0, 0.1) is 22.7 Å². The lowest BCUT2D eigenvalue weighted by Crippen LogP contribution is -2.15. The Labute approximate surface area is 130 Å². The second kappa shape index (κ2) is 4.40. The summed E-state index contributed by atoms with van der Waals surface area (Å²) in [5, 5.41) is 20.3. The van der Waals surface area contributed by atoms with E-state index in [2.05, 4.69) is 4.98 Å². The van der Waals surface area contributed by atoms with Gasteiger partial charge in [-0.3, -0.25) is 9.59 Å². The minimum Gasteiger partial charge on any atom is -0.354 e. The highest BCUT2D eigenvalue weighted by atomic mass is 16.1. The van der Waals surface area contributed by atoms with Gasteiger partial charge in [-0.2, -0.15) is 10.5 Å². The van der Waals surface area contributed by atoms with Crippen molar-refractivity contribution in [2.45, 2.75) is 0 Å². The van der Waals surface area contributed by atoms with Crippen molar-refractivity contribution >= 4 is 33.4 Å². The minimum atomic E-state index is -0.437. The molecule has 106 valence electrons. The summed E-state index contributed by atoms with van der Waals surface area (Å²) < 4.78 is 0. The molecule has 1 aromatic heterocycles. The quantitative estimate of drug-likeness (QED) is 0.689. The molecular weight excluding hydrogens is 290 g/mol. The Balaban J connectivity index is 2.39. The maximum absolute atomic E-state index is 12.3. The number of nitrogens with one attached hydrogen (secondary N) is 1. The lowest BCUT2D eigenvalue weighted by molar-refractivity contribution is 0.0995. The number of carbonyl (C=O) groups is 2. The van der Waals surface area contributed by atoms with Crippen LogP contribution in [-0.4, -0.2) is 16.6 Å². The Morgan fingerprint density at radius 3 is 2.22 bits per heavy atom. The van der Waals surface area contributed by atoms with Crippen molar-refractivity contribution in [3.63, 3.8) is 0 Å². The first kappa shape index (κ1) is 13.0. The van der Waals surface area contributed by atoms with Crippen molar-refractivity contribution in [2.75, 3.05) is 0 Å². The molecule has 23 heavy (non-hydrogen) atoms. The molecule has 1 aliphatic carbocycles. The maximum Gasteiger partial charge on any atom is 0.188 e. The molecule has 2 aromatic carbocycles. The number of H-pyrrole nitrogens is 1. The van der Waals surface area contributed by atoms with Crippen LogP contribution < -0.4 is 0 Å². The number of aromatic nitrogens is 1. The molecule has 4 rings (SSSR count). The van der Waals surface area contributed by atoms with Crippen molar-refractivity contribution < 1.29 is 9.59 Å². The molecule has 0 bridgehead atoms. The van der Waals surface area contributed by atoms with E-state index in [0.29, 0.717) is 10.9 Å². The topological polar surface area (TPSA) is 97.5 Å². The molecule has 5 heteroatoms. The normalized spacial score (nSPS) is 13.1. The largest absolute Gasteiger partial charge is 0.354 e. The van der Waals surface area contributed by atoms with Crippen LogP contribution in [0.4, 0.5) is 0 Å². The van der Waals surface area contributed by atoms with E-state index >= 15 is 0 Å². The highest BCUT2D eigenvalue weighted by molar-refractivity contribution is 6.30. The maximum atomic E-state index is 12.3. The number of allylic oxidation sites excluding steroid dienone is 2. The van der Waals surface area contributed by atoms with E-state index in [1.54, 1.807) is 0 Å². The molecule has 0 radical (unpaired) electrons. The van der Waals surface area contributed by atoms with Gasteiger partial charge in [-0.05, 0) is 18.2 Å². The van der Waals surface area contributed by atoms with Gasteiger partial charge < -0.3 is 4.98 Å². The number of nitriles is 2. The Kier molecular flexibility index (Phi) is 2.48. The van der Waals surface area contributed by atoms with Crippen molar-refractivity contribution in [1.29, 1.82) is 10.5 Å². The van der Waals surface area contributed by atoms with Gasteiger partial charge >= 0.3 is 0 Å². The van der Waals surface area contributed by atoms with Gasteiger partial charge in [-0.1, -0.05) is 18.2 Å². The molecule has 0 unspecified atom stereocenters. The van der Waals surface area contributed by atoms with Gasteiger partial charge in [0.05, 0.1) is 27.8 Å². The third kappa shape index (κ3) is 1.53. The van der Waals surface area contributed by atoms with Crippen LogP contribution in [0.1, 0.15) is 31.8 Å². The Morgan fingerprint density at radius 2 is 1.52 bits per heavy atom. The fourth-order valence-electron chi connectivity index (χ4n) is 3.12. The predicted octanol–water partition coefficient (Wildman–Crippen LogP) is 3.00. The number of nitrogens with zero attached hydrogens (tertiary/aromatic N) is 2. The molecule has 0 saturated heterocycles. The second-order valence-electron chi connectivity index (χ2n) is 5.21. The summed E-state index contributed by atoms with van der Waals surface area (Å²) in [5.74, 6) is -0.787. The monoisotopic (exact) mass is 297 g/mol. The average molecular weight is 297 g/mol. The van der Waals surface area contributed by atoms with Crippen LogP contribution in [0.15, 0.2) is 36.4 Å². The van der Waals surface area contributed by atoms with E-state index in [0.717, 1.165) is 17.0 Å². The fourth-order valence-corrected chi connectivity index (χ4v) is 3.12. The van der Waals surface area contributed by atoms with Gasteiger partial charge in [-0.25, -0.2) is 0 Å². The number of carbonyl (C=O) groups excluding carboxylic acids is 2. The van der Waals surface area contributed by atoms with Crippen LogP contribution in [0.3, 0.4) is 0 Å². The first-order valence-electron chi connectivity index (χ1n) is 6.84. The molecule has 1 N–H and O–H groups in total. The number of ketones is 2. The molecule has 1 aliphatic rings. The smallest absolute Gasteiger partial charge is 0.188 e. The third-order valence-electron chi connectivity index (χ3n) is 4.06. The van der Waals surface area contributed by atoms with Gasteiger partial charge in [0.1, 0.15) is 12.1 Å². The zero-order valence-corrected chi connectivity index (χ0v) is 11.7. The first-order valence-corrected chi connectivity index (χ1v) is 6.84. The van der Waals surface area contributed by atoms with E-state index < -0.39 is 5.78 Å².